The normalized spacial score (nSPS) is 20.2. The number of ether oxygens (including phenoxy) is 4. The van der Waals surface area contributed by atoms with Crippen LogP contribution in [0.15, 0.2) is 24.3 Å². The Labute approximate surface area is 143 Å². The molecule has 5 nitrogen and oxygen atoms in total. The Morgan fingerprint density at radius 3 is 2.46 bits per heavy atom. The van der Waals surface area contributed by atoms with Crippen molar-refractivity contribution in [3.63, 3.8) is 0 Å². The van der Waals surface area contributed by atoms with Gasteiger partial charge >= 0.3 is 5.97 Å². The molecule has 1 heterocycles. The van der Waals surface area contributed by atoms with Crippen LogP contribution in [0.2, 0.25) is 0 Å². The summed E-state index contributed by atoms with van der Waals surface area (Å²) in [6, 6.07) is 7.20. The molecule has 1 saturated carbocycles. The van der Waals surface area contributed by atoms with Gasteiger partial charge in [-0.2, -0.15) is 0 Å². The van der Waals surface area contributed by atoms with Crippen LogP contribution in [0.3, 0.4) is 0 Å². The van der Waals surface area contributed by atoms with Crippen molar-refractivity contribution in [1.29, 1.82) is 0 Å². The highest BCUT2D eigenvalue weighted by Crippen LogP contribution is 2.37. The molecule has 3 rings (SSSR count). The Bertz CT molecular complexity index is 523. The summed E-state index contributed by atoms with van der Waals surface area (Å²) >= 11 is 0. The van der Waals surface area contributed by atoms with Crippen molar-refractivity contribution in [2.75, 3.05) is 19.8 Å². The van der Waals surface area contributed by atoms with Gasteiger partial charge in [-0.25, -0.2) is 4.79 Å². The average Bonchev–Trinajstić information content (AvgIpc) is 3.06. The number of esters is 1. The van der Waals surface area contributed by atoms with Crippen LogP contribution in [0.5, 0.6) is 5.75 Å². The molecule has 1 spiro atoms. The first-order chi connectivity index (χ1) is 11.7. The minimum absolute atomic E-state index is 0.172. The Morgan fingerprint density at radius 1 is 1.17 bits per heavy atom. The van der Waals surface area contributed by atoms with Crippen LogP contribution in [-0.4, -0.2) is 37.7 Å². The van der Waals surface area contributed by atoms with Crippen molar-refractivity contribution in [2.24, 2.45) is 0 Å². The van der Waals surface area contributed by atoms with E-state index in [1.54, 1.807) is 12.1 Å². The van der Waals surface area contributed by atoms with E-state index in [9.17, 15) is 4.79 Å². The third kappa shape index (κ3) is 4.28. The maximum atomic E-state index is 11.9. The molecule has 5 heteroatoms. The molecule has 2 aliphatic rings. The van der Waals surface area contributed by atoms with Crippen molar-refractivity contribution in [1.82, 2.24) is 0 Å². The number of benzene rings is 1. The minimum atomic E-state index is -0.355. The van der Waals surface area contributed by atoms with Crippen molar-refractivity contribution in [2.45, 2.75) is 57.3 Å². The smallest absolute Gasteiger partial charge is 0.338 e. The second kappa shape index (κ2) is 7.99. The molecule has 132 valence electrons. The molecule has 0 aromatic heterocycles. The predicted molar refractivity (Wildman–Crippen MR) is 89.2 cm³/mol. The summed E-state index contributed by atoms with van der Waals surface area (Å²) in [7, 11) is 0. The maximum absolute atomic E-state index is 11.9. The van der Waals surface area contributed by atoms with Crippen LogP contribution in [0.4, 0.5) is 0 Å². The molecule has 24 heavy (non-hydrogen) atoms. The summed E-state index contributed by atoms with van der Waals surface area (Å²) in [5, 5.41) is 0. The zero-order valence-corrected chi connectivity index (χ0v) is 14.3. The van der Waals surface area contributed by atoms with Gasteiger partial charge in [-0.3, -0.25) is 0 Å². The van der Waals surface area contributed by atoms with Gasteiger partial charge in [0.25, 0.3) is 0 Å². The summed E-state index contributed by atoms with van der Waals surface area (Å²) in [6.45, 7) is 3.93. The van der Waals surface area contributed by atoms with Crippen LogP contribution in [0, 0.1) is 0 Å². The van der Waals surface area contributed by atoms with Gasteiger partial charge in [-0.05, 0) is 43.5 Å². The third-order valence-electron chi connectivity index (χ3n) is 4.63. The van der Waals surface area contributed by atoms with Gasteiger partial charge in [-0.15, -0.1) is 0 Å². The van der Waals surface area contributed by atoms with Crippen LogP contribution in [-0.2, 0) is 14.2 Å². The Kier molecular flexibility index (Phi) is 5.74. The lowest BCUT2D eigenvalue weighted by Crippen LogP contribution is -2.38. The van der Waals surface area contributed by atoms with E-state index in [0.717, 1.165) is 44.3 Å². The fourth-order valence-corrected chi connectivity index (χ4v) is 3.19. The molecule has 1 aliphatic heterocycles. The lowest BCUT2D eigenvalue weighted by Gasteiger charge is -2.35. The van der Waals surface area contributed by atoms with Crippen molar-refractivity contribution < 1.29 is 23.7 Å². The molecule has 0 N–H and O–H groups in total. The molecule has 0 unspecified atom stereocenters. The molecule has 0 amide bonds. The summed E-state index contributed by atoms with van der Waals surface area (Å²) in [6.07, 6.45) is 5.66. The second-order valence-corrected chi connectivity index (χ2v) is 6.44. The van der Waals surface area contributed by atoms with E-state index in [2.05, 4.69) is 6.92 Å². The molecule has 0 bridgehead atoms. The van der Waals surface area contributed by atoms with Gasteiger partial charge < -0.3 is 18.9 Å². The maximum Gasteiger partial charge on any atom is 0.338 e. The largest absolute Gasteiger partial charge is 0.490 e. The van der Waals surface area contributed by atoms with Gasteiger partial charge in [0, 0.05) is 12.8 Å². The Morgan fingerprint density at radius 2 is 1.83 bits per heavy atom. The molecular formula is C19H26O5. The van der Waals surface area contributed by atoms with Gasteiger partial charge in [0.05, 0.1) is 31.5 Å². The second-order valence-electron chi connectivity index (χ2n) is 6.44. The van der Waals surface area contributed by atoms with Gasteiger partial charge in [0.15, 0.2) is 5.79 Å². The number of carbonyl (C=O) groups excluding carboxylic acids is 1. The molecule has 1 aromatic rings. The monoisotopic (exact) mass is 334 g/mol. The van der Waals surface area contributed by atoms with E-state index in [-0.39, 0.29) is 17.9 Å². The number of hydrogen-bond acceptors (Lipinski definition) is 5. The first-order valence-electron chi connectivity index (χ1n) is 8.92. The minimum Gasteiger partial charge on any atom is -0.490 e. The van der Waals surface area contributed by atoms with Gasteiger partial charge in [0.2, 0.25) is 0 Å². The average molecular weight is 334 g/mol. The molecule has 1 saturated heterocycles. The fraction of sp³-hybridized carbons (Fsp3) is 0.632. The van der Waals surface area contributed by atoms with Crippen LogP contribution in [0.25, 0.3) is 0 Å². The number of hydrogen-bond donors (Lipinski definition) is 0. The molecule has 0 atom stereocenters. The first kappa shape index (κ1) is 17.2. The fourth-order valence-electron chi connectivity index (χ4n) is 3.19. The molecule has 2 fully saturated rings. The number of carbonyl (C=O) groups is 1. The summed E-state index contributed by atoms with van der Waals surface area (Å²) < 4.78 is 22.7. The van der Waals surface area contributed by atoms with E-state index in [1.807, 2.05) is 12.1 Å². The van der Waals surface area contributed by atoms with E-state index < -0.39 is 0 Å². The SMILES string of the molecule is CCCCOC(=O)c1ccc(OC2CCC3(CC2)OCCO3)cc1. The standard InChI is InChI=1S/C19H26O5/c1-2-3-12-21-18(20)15-4-6-16(7-5-15)24-17-8-10-19(11-9-17)22-13-14-23-19/h4-7,17H,2-3,8-14H2,1H3. The highest BCUT2D eigenvalue weighted by atomic mass is 16.7. The summed E-state index contributed by atoms with van der Waals surface area (Å²) in [5.41, 5.74) is 0.564. The molecular weight excluding hydrogens is 308 g/mol. The van der Waals surface area contributed by atoms with E-state index in [4.69, 9.17) is 18.9 Å². The molecule has 1 aliphatic carbocycles. The van der Waals surface area contributed by atoms with E-state index in [1.165, 1.54) is 0 Å². The van der Waals surface area contributed by atoms with Crippen molar-refractivity contribution in [3.05, 3.63) is 29.8 Å². The summed E-state index contributed by atoms with van der Waals surface area (Å²) in [4.78, 5) is 11.9. The van der Waals surface area contributed by atoms with Crippen molar-refractivity contribution >= 4 is 5.97 Å². The zero-order valence-electron chi connectivity index (χ0n) is 14.3. The lowest BCUT2D eigenvalue weighted by molar-refractivity contribution is -0.186. The van der Waals surface area contributed by atoms with Crippen LogP contribution < -0.4 is 4.74 Å². The topological polar surface area (TPSA) is 54.0 Å². The Hall–Kier alpha value is -1.59. The van der Waals surface area contributed by atoms with Crippen molar-refractivity contribution in [3.8, 4) is 5.75 Å². The summed E-state index contributed by atoms with van der Waals surface area (Å²) in [5.74, 6) is 0.158. The van der Waals surface area contributed by atoms with E-state index >= 15 is 0 Å². The highest BCUT2D eigenvalue weighted by Gasteiger charge is 2.40. The highest BCUT2D eigenvalue weighted by molar-refractivity contribution is 5.89. The number of rotatable bonds is 6. The van der Waals surface area contributed by atoms with E-state index in [0.29, 0.717) is 25.4 Å². The predicted octanol–water partition coefficient (Wildman–Crippen LogP) is 3.71. The quantitative estimate of drug-likeness (QED) is 0.586. The zero-order chi connectivity index (χ0) is 16.8. The molecule has 0 radical (unpaired) electrons. The van der Waals surface area contributed by atoms with Gasteiger partial charge in [-0.1, -0.05) is 13.3 Å². The molecule has 1 aromatic carbocycles. The lowest BCUT2D eigenvalue weighted by atomic mass is 9.92. The first-order valence-corrected chi connectivity index (χ1v) is 8.92. The van der Waals surface area contributed by atoms with Crippen LogP contribution >= 0.6 is 0 Å². The Balaban J connectivity index is 1.47. The van der Waals surface area contributed by atoms with Gasteiger partial charge in [0.1, 0.15) is 5.75 Å². The number of unbranched alkanes of at least 4 members (excludes halogenated alkanes) is 1. The third-order valence-corrected chi connectivity index (χ3v) is 4.63. The van der Waals surface area contributed by atoms with Crippen LogP contribution in [0.1, 0.15) is 55.8 Å².